The number of halogens is 2. The van der Waals surface area contributed by atoms with Gasteiger partial charge in [0, 0.05) is 16.7 Å². The Balaban J connectivity index is 2.52. The fourth-order valence-electron chi connectivity index (χ4n) is 2.58. The molecular formula is C16H20BrFN4O2. The zero-order chi connectivity index (χ0) is 20.8. The molecule has 3 N–H and O–H groups in total. The van der Waals surface area contributed by atoms with Crippen LogP contribution in [0.15, 0.2) is 22.8 Å². The molecule has 0 aliphatic rings. The van der Waals surface area contributed by atoms with Gasteiger partial charge in [0.1, 0.15) is 17.1 Å². The van der Waals surface area contributed by atoms with Gasteiger partial charge in [0.25, 0.3) is 0 Å². The lowest BCUT2D eigenvalue weighted by Gasteiger charge is -2.32. The molecule has 0 bridgehead atoms. The number of aryl methyl sites for hydroxylation is 1. The molecule has 0 saturated heterocycles. The molecule has 2 rings (SSSR count). The SMILES string of the molecule is [2H]C([2H])([2H])n1nc(Br)c(-c2ccc(C(N)(CC(C)(C)C)C(=O)O)cc2F)n1. The average molecular weight is 402 g/mol. The van der Waals surface area contributed by atoms with Crippen molar-refractivity contribution in [3.63, 3.8) is 0 Å². The smallest absolute Gasteiger partial charge is 0.328 e. The summed E-state index contributed by atoms with van der Waals surface area (Å²) in [5.74, 6) is -2.05. The minimum atomic E-state index is -2.61. The molecule has 130 valence electrons. The second kappa shape index (κ2) is 6.25. The highest BCUT2D eigenvalue weighted by Crippen LogP contribution is 2.35. The molecule has 6 nitrogen and oxygen atoms in total. The Morgan fingerprint density at radius 2 is 2.12 bits per heavy atom. The monoisotopic (exact) mass is 401 g/mol. The summed E-state index contributed by atoms with van der Waals surface area (Å²) in [7, 11) is 0. The third-order valence-electron chi connectivity index (χ3n) is 3.50. The van der Waals surface area contributed by atoms with Crippen LogP contribution >= 0.6 is 15.9 Å². The number of nitrogens with zero attached hydrogens (tertiary/aromatic N) is 3. The number of benzene rings is 1. The molecule has 1 aromatic carbocycles. The van der Waals surface area contributed by atoms with E-state index in [1.165, 1.54) is 12.1 Å². The van der Waals surface area contributed by atoms with Gasteiger partial charge in [-0.15, -0.1) is 5.10 Å². The molecule has 0 aliphatic heterocycles. The maximum Gasteiger partial charge on any atom is 0.328 e. The first-order chi connectivity index (χ1) is 12.1. The van der Waals surface area contributed by atoms with Gasteiger partial charge in [-0.25, -0.2) is 9.18 Å². The molecule has 1 unspecified atom stereocenters. The zero-order valence-corrected chi connectivity index (χ0v) is 15.1. The number of nitrogens with two attached hydrogens (primary N) is 1. The van der Waals surface area contributed by atoms with Crippen LogP contribution in [0.3, 0.4) is 0 Å². The summed E-state index contributed by atoms with van der Waals surface area (Å²) < 4.78 is 36.8. The lowest BCUT2D eigenvalue weighted by molar-refractivity contribution is -0.145. The topological polar surface area (TPSA) is 94.0 Å². The van der Waals surface area contributed by atoms with Gasteiger partial charge in [-0.3, -0.25) is 0 Å². The number of carbonyl (C=O) groups is 1. The van der Waals surface area contributed by atoms with Crippen LogP contribution in [0, 0.1) is 11.2 Å². The molecule has 2 aromatic rings. The second-order valence-corrected chi connectivity index (χ2v) is 7.59. The van der Waals surface area contributed by atoms with Crippen LogP contribution in [0.1, 0.15) is 36.9 Å². The van der Waals surface area contributed by atoms with Gasteiger partial charge in [0.2, 0.25) is 0 Å². The molecular weight excluding hydrogens is 379 g/mol. The number of aliphatic carboxylic acids is 1. The van der Waals surface area contributed by atoms with Crippen LogP contribution in [0.2, 0.25) is 0 Å². The van der Waals surface area contributed by atoms with Gasteiger partial charge >= 0.3 is 5.97 Å². The Bertz CT molecular complexity index is 880. The van der Waals surface area contributed by atoms with Crippen molar-refractivity contribution in [2.75, 3.05) is 0 Å². The van der Waals surface area contributed by atoms with E-state index in [2.05, 4.69) is 26.1 Å². The van der Waals surface area contributed by atoms with Crippen molar-refractivity contribution in [1.29, 1.82) is 0 Å². The van der Waals surface area contributed by atoms with Crippen molar-refractivity contribution in [2.45, 2.75) is 32.7 Å². The van der Waals surface area contributed by atoms with E-state index in [1.54, 1.807) is 0 Å². The first-order valence-corrected chi connectivity index (χ1v) is 7.90. The molecule has 1 atom stereocenters. The number of carboxylic acids is 1. The number of hydrogen-bond acceptors (Lipinski definition) is 4. The average Bonchev–Trinajstić information content (AvgIpc) is 2.87. The summed E-state index contributed by atoms with van der Waals surface area (Å²) >= 11 is 3.07. The van der Waals surface area contributed by atoms with Crippen LogP contribution in [0.5, 0.6) is 0 Å². The summed E-state index contributed by atoms with van der Waals surface area (Å²) in [6.07, 6.45) is 0.0903. The number of hydrogen-bond donors (Lipinski definition) is 2. The summed E-state index contributed by atoms with van der Waals surface area (Å²) in [6.45, 7) is 2.91. The van der Waals surface area contributed by atoms with Crippen molar-refractivity contribution in [3.8, 4) is 11.3 Å². The van der Waals surface area contributed by atoms with Crippen LogP contribution in [0.25, 0.3) is 11.3 Å². The minimum Gasteiger partial charge on any atom is -0.480 e. The highest BCUT2D eigenvalue weighted by molar-refractivity contribution is 9.10. The van der Waals surface area contributed by atoms with E-state index in [1.807, 2.05) is 20.8 Å². The largest absolute Gasteiger partial charge is 0.480 e. The minimum absolute atomic E-state index is 0.0102. The zero-order valence-electron chi connectivity index (χ0n) is 16.5. The van der Waals surface area contributed by atoms with Gasteiger partial charge in [0.05, 0.1) is 0 Å². The van der Waals surface area contributed by atoms with Crippen molar-refractivity contribution < 1.29 is 18.4 Å². The van der Waals surface area contributed by atoms with Crippen molar-refractivity contribution in [1.82, 2.24) is 15.0 Å². The van der Waals surface area contributed by atoms with Crippen LogP contribution in [-0.2, 0) is 17.3 Å². The molecule has 0 aliphatic carbocycles. The fraction of sp³-hybridized carbons (Fsp3) is 0.438. The standard InChI is InChI=1S/C16H20BrFN4O2/c1-15(2,3)8-16(19,14(23)24)9-5-6-10(11(18)7-9)12-13(17)21-22(4)20-12/h5-7H,8,19H2,1-4H3,(H,23,24)/i4D3. The van der Waals surface area contributed by atoms with E-state index in [0.29, 0.717) is 4.80 Å². The summed E-state index contributed by atoms with van der Waals surface area (Å²) in [5.41, 5.74) is 4.00. The third kappa shape index (κ3) is 3.64. The van der Waals surface area contributed by atoms with Gasteiger partial charge in [-0.1, -0.05) is 26.8 Å². The number of aromatic nitrogens is 3. The molecule has 0 fully saturated rings. The first kappa shape index (κ1) is 14.5. The molecule has 1 heterocycles. The molecule has 0 saturated carbocycles. The predicted octanol–water partition coefficient (Wildman–Crippen LogP) is 3.06. The van der Waals surface area contributed by atoms with Crippen molar-refractivity contribution >= 4 is 21.9 Å². The predicted molar refractivity (Wildman–Crippen MR) is 91.7 cm³/mol. The molecule has 24 heavy (non-hydrogen) atoms. The lowest BCUT2D eigenvalue weighted by atomic mass is 9.76. The summed E-state index contributed by atoms with van der Waals surface area (Å²) in [4.78, 5) is 12.3. The Hall–Kier alpha value is -1.80. The highest BCUT2D eigenvalue weighted by atomic mass is 79.9. The number of carboxylic acid groups (broad SMARTS) is 1. The second-order valence-electron chi connectivity index (χ2n) is 6.84. The Kier molecular flexibility index (Phi) is 3.79. The van der Waals surface area contributed by atoms with Crippen LogP contribution in [0.4, 0.5) is 4.39 Å². The molecule has 0 radical (unpaired) electrons. The normalized spacial score (nSPS) is 16.8. The van der Waals surface area contributed by atoms with Crippen LogP contribution in [-0.4, -0.2) is 26.1 Å². The Morgan fingerprint density at radius 1 is 1.46 bits per heavy atom. The van der Waals surface area contributed by atoms with Gasteiger partial charge in [0.15, 0.2) is 4.60 Å². The quantitative estimate of drug-likeness (QED) is 0.820. The molecule has 0 amide bonds. The highest BCUT2D eigenvalue weighted by Gasteiger charge is 2.40. The molecule has 0 spiro atoms. The van der Waals surface area contributed by atoms with Crippen molar-refractivity contribution in [3.05, 3.63) is 34.2 Å². The Morgan fingerprint density at radius 3 is 2.58 bits per heavy atom. The maximum atomic E-state index is 14.8. The molecule has 1 aromatic heterocycles. The van der Waals surface area contributed by atoms with Gasteiger partial charge < -0.3 is 10.8 Å². The van der Waals surface area contributed by atoms with E-state index in [0.717, 1.165) is 6.07 Å². The van der Waals surface area contributed by atoms with E-state index < -0.39 is 29.7 Å². The maximum absolute atomic E-state index is 14.8. The lowest BCUT2D eigenvalue weighted by Crippen LogP contribution is -2.47. The van der Waals surface area contributed by atoms with Gasteiger partial charge in [-0.2, -0.15) is 9.90 Å². The van der Waals surface area contributed by atoms with Gasteiger partial charge in [-0.05, 0) is 45.5 Å². The summed E-state index contributed by atoms with van der Waals surface area (Å²) in [6, 6.07) is 3.76. The van der Waals surface area contributed by atoms with Crippen molar-refractivity contribution in [2.24, 2.45) is 18.1 Å². The van der Waals surface area contributed by atoms with E-state index >= 15 is 0 Å². The first-order valence-electron chi connectivity index (χ1n) is 8.61. The van der Waals surface area contributed by atoms with E-state index in [9.17, 15) is 14.3 Å². The fourth-order valence-corrected chi connectivity index (χ4v) is 3.02. The molecule has 8 heteroatoms. The number of rotatable bonds is 4. The van der Waals surface area contributed by atoms with Crippen LogP contribution < -0.4 is 5.73 Å². The summed E-state index contributed by atoms with van der Waals surface area (Å²) in [5, 5.41) is 17.1. The van der Waals surface area contributed by atoms with E-state index in [-0.39, 0.29) is 27.8 Å². The van der Waals surface area contributed by atoms with E-state index in [4.69, 9.17) is 9.85 Å². The third-order valence-corrected chi connectivity index (χ3v) is 4.04. The Labute approximate surface area is 152 Å².